The summed E-state index contributed by atoms with van der Waals surface area (Å²) in [7, 11) is 0. The van der Waals surface area contributed by atoms with Gasteiger partial charge in [0.25, 0.3) is 5.89 Å². The smallest absolute Gasteiger partial charge is 0.333 e. The Morgan fingerprint density at radius 2 is 1.85 bits per heavy atom. The number of halogens is 2. The number of anilines is 1. The van der Waals surface area contributed by atoms with Gasteiger partial charge < -0.3 is 9.84 Å². The molecule has 0 saturated carbocycles. The number of nitrogens with zero attached hydrogens (tertiary/aromatic N) is 5. The molecule has 5 aromatic rings. The maximum atomic E-state index is 12.8. The second-order valence-corrected chi connectivity index (χ2v) is 7.92. The number of amides is 1. The maximum absolute atomic E-state index is 12.8. The lowest BCUT2D eigenvalue weighted by molar-refractivity contribution is -0.117. The average Bonchev–Trinajstić information content (AvgIpc) is 3.40. The van der Waals surface area contributed by atoms with E-state index in [0.29, 0.717) is 27.1 Å². The van der Waals surface area contributed by atoms with Gasteiger partial charge in [0.1, 0.15) is 6.54 Å². The first-order chi connectivity index (χ1) is 16.0. The zero-order valence-corrected chi connectivity index (χ0v) is 18.3. The van der Waals surface area contributed by atoms with Crippen LogP contribution in [0.2, 0.25) is 10.0 Å². The van der Waals surface area contributed by atoms with Crippen LogP contribution in [-0.4, -0.2) is 30.2 Å². The fourth-order valence-corrected chi connectivity index (χ4v) is 3.58. The molecule has 9 nitrogen and oxygen atoms in total. The van der Waals surface area contributed by atoms with E-state index in [2.05, 4.69) is 20.6 Å². The standard InChI is InChI=1S/C22H14Cl2N6O3/c23-14-8-6-13(7-9-14)19-26-21(33-28-19)17-5-2-10-29-20(17)27-30(22(29)32)12-18(31)25-16-4-1-3-15(24)11-16/h1-11H,12H2,(H,25,31). The van der Waals surface area contributed by atoms with Crippen molar-refractivity contribution in [3.8, 4) is 22.8 Å². The van der Waals surface area contributed by atoms with Crippen molar-refractivity contribution >= 4 is 40.4 Å². The largest absolute Gasteiger partial charge is 0.350 e. The third-order valence-corrected chi connectivity index (χ3v) is 5.26. The number of benzene rings is 2. The molecule has 0 atom stereocenters. The minimum atomic E-state index is -0.481. The molecule has 33 heavy (non-hydrogen) atoms. The third kappa shape index (κ3) is 4.23. The fraction of sp³-hybridized carbons (Fsp3) is 0.0455. The summed E-state index contributed by atoms with van der Waals surface area (Å²) in [6.07, 6.45) is 1.55. The Bertz CT molecular complexity index is 1540. The summed E-state index contributed by atoms with van der Waals surface area (Å²) in [5.74, 6) is 0.129. The van der Waals surface area contributed by atoms with Crippen molar-refractivity contribution < 1.29 is 9.32 Å². The van der Waals surface area contributed by atoms with Crippen LogP contribution in [0.1, 0.15) is 0 Å². The summed E-state index contributed by atoms with van der Waals surface area (Å²) in [6, 6.07) is 17.1. The van der Waals surface area contributed by atoms with Crippen LogP contribution >= 0.6 is 23.2 Å². The molecule has 11 heteroatoms. The SMILES string of the molecule is O=C(Cn1nc2c(-c3nc(-c4ccc(Cl)cc4)no3)cccn2c1=O)Nc1cccc(Cl)c1. The maximum Gasteiger partial charge on any atom is 0.350 e. The molecular formula is C22H14Cl2N6O3. The van der Waals surface area contributed by atoms with Gasteiger partial charge in [0.05, 0.1) is 5.56 Å². The topological polar surface area (TPSA) is 107 Å². The number of aromatic nitrogens is 5. The molecule has 0 spiro atoms. The quantitative estimate of drug-likeness (QED) is 0.404. The van der Waals surface area contributed by atoms with Gasteiger partial charge in [-0.1, -0.05) is 34.4 Å². The van der Waals surface area contributed by atoms with Gasteiger partial charge >= 0.3 is 5.69 Å². The summed E-state index contributed by atoms with van der Waals surface area (Å²) < 4.78 is 7.79. The first-order valence-electron chi connectivity index (χ1n) is 9.71. The molecule has 3 aromatic heterocycles. The predicted octanol–water partition coefficient (Wildman–Crippen LogP) is 4.16. The van der Waals surface area contributed by atoms with Crippen molar-refractivity contribution in [1.82, 2.24) is 24.3 Å². The van der Waals surface area contributed by atoms with E-state index in [1.54, 1.807) is 66.9 Å². The molecule has 0 bridgehead atoms. The molecule has 0 saturated heterocycles. The van der Waals surface area contributed by atoms with Gasteiger partial charge in [0.15, 0.2) is 5.65 Å². The van der Waals surface area contributed by atoms with E-state index in [1.165, 1.54) is 4.40 Å². The van der Waals surface area contributed by atoms with E-state index in [-0.39, 0.29) is 18.1 Å². The van der Waals surface area contributed by atoms with Gasteiger partial charge in [-0.05, 0) is 54.6 Å². The molecule has 0 fully saturated rings. The van der Waals surface area contributed by atoms with Crippen LogP contribution < -0.4 is 11.0 Å². The Kier molecular flexibility index (Phi) is 5.41. The molecule has 0 radical (unpaired) electrons. The van der Waals surface area contributed by atoms with Crippen LogP contribution in [0.4, 0.5) is 5.69 Å². The van der Waals surface area contributed by atoms with Crippen LogP contribution in [-0.2, 0) is 11.3 Å². The lowest BCUT2D eigenvalue weighted by atomic mass is 10.2. The number of hydrogen-bond acceptors (Lipinski definition) is 6. The first kappa shape index (κ1) is 20.9. The first-order valence-corrected chi connectivity index (χ1v) is 10.5. The Labute approximate surface area is 196 Å². The molecule has 0 aliphatic carbocycles. The van der Waals surface area contributed by atoms with Crippen molar-refractivity contribution in [3.05, 3.63) is 87.4 Å². The molecule has 3 heterocycles. The second-order valence-electron chi connectivity index (χ2n) is 7.04. The van der Waals surface area contributed by atoms with Crippen LogP contribution in [0.5, 0.6) is 0 Å². The zero-order chi connectivity index (χ0) is 22.9. The van der Waals surface area contributed by atoms with Crippen molar-refractivity contribution in [2.45, 2.75) is 6.54 Å². The molecule has 5 rings (SSSR count). The summed E-state index contributed by atoms with van der Waals surface area (Å²) in [6.45, 7) is -0.285. The zero-order valence-electron chi connectivity index (χ0n) is 16.8. The molecule has 2 aromatic carbocycles. The highest BCUT2D eigenvalue weighted by Gasteiger charge is 2.18. The lowest BCUT2D eigenvalue weighted by Crippen LogP contribution is -2.28. The van der Waals surface area contributed by atoms with Gasteiger partial charge in [-0.3, -0.25) is 4.79 Å². The van der Waals surface area contributed by atoms with Crippen LogP contribution in [0.3, 0.4) is 0 Å². The highest BCUT2D eigenvalue weighted by Crippen LogP contribution is 2.25. The summed E-state index contributed by atoms with van der Waals surface area (Å²) in [5.41, 5.74) is 1.50. The van der Waals surface area contributed by atoms with Crippen LogP contribution in [0, 0.1) is 0 Å². The second kappa shape index (κ2) is 8.53. The van der Waals surface area contributed by atoms with Crippen molar-refractivity contribution in [3.63, 3.8) is 0 Å². The van der Waals surface area contributed by atoms with E-state index < -0.39 is 11.6 Å². The number of carbonyl (C=O) groups is 1. The predicted molar refractivity (Wildman–Crippen MR) is 123 cm³/mol. The molecule has 1 amide bonds. The normalized spacial score (nSPS) is 11.1. The van der Waals surface area contributed by atoms with Gasteiger partial charge in [0.2, 0.25) is 11.7 Å². The minimum absolute atomic E-state index is 0.186. The van der Waals surface area contributed by atoms with E-state index >= 15 is 0 Å². The molecule has 164 valence electrons. The van der Waals surface area contributed by atoms with Gasteiger partial charge in [-0.15, -0.1) is 5.10 Å². The fourth-order valence-electron chi connectivity index (χ4n) is 3.26. The average molecular weight is 481 g/mol. The van der Waals surface area contributed by atoms with Crippen molar-refractivity contribution in [1.29, 1.82) is 0 Å². The number of pyridine rings is 1. The van der Waals surface area contributed by atoms with Gasteiger partial charge in [-0.25, -0.2) is 13.9 Å². The lowest BCUT2D eigenvalue weighted by Gasteiger charge is -2.04. The van der Waals surface area contributed by atoms with Crippen LogP contribution in [0.15, 0.2) is 76.2 Å². The van der Waals surface area contributed by atoms with E-state index in [9.17, 15) is 9.59 Å². The van der Waals surface area contributed by atoms with Crippen LogP contribution in [0.25, 0.3) is 28.5 Å². The molecule has 0 unspecified atom stereocenters. The molecule has 0 aliphatic rings. The van der Waals surface area contributed by atoms with Gasteiger partial charge in [-0.2, -0.15) is 4.98 Å². The summed E-state index contributed by atoms with van der Waals surface area (Å²) in [4.78, 5) is 29.7. The van der Waals surface area contributed by atoms with Gasteiger partial charge in [0, 0.05) is 27.5 Å². The molecule has 1 N–H and O–H groups in total. The molecule has 0 aliphatic heterocycles. The van der Waals surface area contributed by atoms with Crippen molar-refractivity contribution in [2.75, 3.05) is 5.32 Å². The highest BCUT2D eigenvalue weighted by molar-refractivity contribution is 6.31. The van der Waals surface area contributed by atoms with E-state index in [0.717, 1.165) is 10.2 Å². The summed E-state index contributed by atoms with van der Waals surface area (Å²) in [5, 5.41) is 12.1. The summed E-state index contributed by atoms with van der Waals surface area (Å²) >= 11 is 11.9. The van der Waals surface area contributed by atoms with E-state index in [1.807, 2.05) is 0 Å². The Morgan fingerprint density at radius 1 is 1.03 bits per heavy atom. The minimum Gasteiger partial charge on any atom is -0.333 e. The number of carbonyl (C=O) groups excluding carboxylic acids is 1. The molecular weight excluding hydrogens is 467 g/mol. The Balaban J connectivity index is 1.45. The van der Waals surface area contributed by atoms with Crippen molar-refractivity contribution in [2.24, 2.45) is 0 Å². The number of nitrogens with one attached hydrogen (secondary N) is 1. The number of fused-ring (bicyclic) bond motifs is 1. The number of hydrogen-bond donors (Lipinski definition) is 1. The van der Waals surface area contributed by atoms with E-state index in [4.69, 9.17) is 27.7 Å². The third-order valence-electron chi connectivity index (χ3n) is 4.77. The monoisotopic (exact) mass is 480 g/mol. The highest BCUT2D eigenvalue weighted by atomic mass is 35.5. The Morgan fingerprint density at radius 3 is 2.64 bits per heavy atom. The Hall–Kier alpha value is -3.95. The number of rotatable bonds is 5.